The lowest BCUT2D eigenvalue weighted by atomic mass is 10.1. The summed E-state index contributed by atoms with van der Waals surface area (Å²) in [6.07, 6.45) is 2.08. The highest BCUT2D eigenvalue weighted by atomic mass is 32.2. The number of benzene rings is 1. The predicted octanol–water partition coefficient (Wildman–Crippen LogP) is 1.31. The number of carbonyl (C=O) groups excluding carboxylic acids is 2. The van der Waals surface area contributed by atoms with E-state index in [1.165, 1.54) is 11.6 Å². The van der Waals surface area contributed by atoms with Crippen molar-refractivity contribution in [2.45, 2.75) is 43.9 Å². The number of carbonyl (C=O) groups is 2. The maximum Gasteiger partial charge on any atom is 0.251 e. The summed E-state index contributed by atoms with van der Waals surface area (Å²) >= 11 is 1.14. The van der Waals surface area contributed by atoms with Gasteiger partial charge in [-0.05, 0) is 25.3 Å². The van der Waals surface area contributed by atoms with E-state index in [2.05, 4.69) is 20.6 Å². The molecule has 1 saturated carbocycles. The number of thioether (sulfide) groups is 1. The Morgan fingerprint density at radius 2 is 1.96 bits per heavy atom. The summed E-state index contributed by atoms with van der Waals surface area (Å²) < 4.78 is 0. The van der Waals surface area contributed by atoms with E-state index in [9.17, 15) is 14.4 Å². The number of hydrogen-bond acceptors (Lipinski definition) is 5. The second kappa shape index (κ2) is 8.85. The number of aromatic nitrogens is 2. The Labute approximate surface area is 161 Å². The van der Waals surface area contributed by atoms with E-state index in [1.54, 1.807) is 0 Å². The van der Waals surface area contributed by atoms with Crippen molar-refractivity contribution in [1.82, 2.24) is 20.6 Å². The highest BCUT2D eigenvalue weighted by molar-refractivity contribution is 7.99. The lowest BCUT2D eigenvalue weighted by Crippen LogP contribution is -2.28. The van der Waals surface area contributed by atoms with Gasteiger partial charge in [-0.3, -0.25) is 14.4 Å². The van der Waals surface area contributed by atoms with Crippen LogP contribution in [0.15, 0.2) is 40.3 Å². The summed E-state index contributed by atoms with van der Waals surface area (Å²) in [6.45, 7) is 2.46. The maximum absolute atomic E-state index is 12.0. The third-order valence-corrected chi connectivity index (χ3v) is 4.88. The zero-order valence-corrected chi connectivity index (χ0v) is 15.9. The molecule has 0 radical (unpaired) electrons. The molecule has 1 aliphatic rings. The Hall–Kier alpha value is -2.61. The van der Waals surface area contributed by atoms with Gasteiger partial charge in [-0.2, -0.15) is 0 Å². The molecule has 0 spiro atoms. The average Bonchev–Trinajstić information content (AvgIpc) is 3.42. The molecule has 1 heterocycles. The summed E-state index contributed by atoms with van der Waals surface area (Å²) in [7, 11) is 0. The molecule has 2 aromatic rings. The summed E-state index contributed by atoms with van der Waals surface area (Å²) in [5, 5.41) is 6.04. The SMILES string of the molecule is Cc1ccc(CNC(=O)CSc2nc(CC(=O)NC3CC3)cc(=O)[nH]2)cc1. The van der Waals surface area contributed by atoms with E-state index in [4.69, 9.17) is 0 Å². The molecule has 3 rings (SSSR count). The van der Waals surface area contributed by atoms with Crippen LogP contribution in [-0.4, -0.2) is 33.6 Å². The van der Waals surface area contributed by atoms with Crippen LogP contribution in [0.25, 0.3) is 0 Å². The predicted molar refractivity (Wildman–Crippen MR) is 103 cm³/mol. The van der Waals surface area contributed by atoms with Gasteiger partial charge in [0.25, 0.3) is 5.56 Å². The first-order valence-corrected chi connectivity index (χ1v) is 9.81. The van der Waals surface area contributed by atoms with Crippen LogP contribution in [0, 0.1) is 6.92 Å². The van der Waals surface area contributed by atoms with Crippen LogP contribution in [0.1, 0.15) is 29.7 Å². The minimum absolute atomic E-state index is 0.0631. The monoisotopic (exact) mass is 386 g/mol. The average molecular weight is 386 g/mol. The van der Waals surface area contributed by atoms with Crippen LogP contribution >= 0.6 is 11.8 Å². The van der Waals surface area contributed by atoms with E-state index in [0.717, 1.165) is 30.2 Å². The van der Waals surface area contributed by atoms with Gasteiger partial charge >= 0.3 is 0 Å². The zero-order valence-electron chi connectivity index (χ0n) is 15.1. The second-order valence-corrected chi connectivity index (χ2v) is 7.58. The number of H-pyrrole nitrogens is 1. The Morgan fingerprint density at radius 1 is 1.22 bits per heavy atom. The number of nitrogens with zero attached hydrogens (tertiary/aromatic N) is 1. The molecular weight excluding hydrogens is 364 g/mol. The molecule has 7 nitrogen and oxygen atoms in total. The summed E-state index contributed by atoms with van der Waals surface area (Å²) in [5.41, 5.74) is 2.26. The fourth-order valence-electron chi connectivity index (χ4n) is 2.40. The fraction of sp³-hybridized carbons (Fsp3) is 0.368. The first-order valence-electron chi connectivity index (χ1n) is 8.82. The van der Waals surface area contributed by atoms with Crippen molar-refractivity contribution in [3.05, 3.63) is 57.5 Å². The molecule has 1 aromatic carbocycles. The van der Waals surface area contributed by atoms with Gasteiger partial charge in [-0.25, -0.2) is 4.98 Å². The Morgan fingerprint density at radius 3 is 2.67 bits per heavy atom. The minimum Gasteiger partial charge on any atom is -0.353 e. The molecule has 0 unspecified atom stereocenters. The third kappa shape index (κ3) is 6.56. The van der Waals surface area contributed by atoms with Crippen molar-refractivity contribution in [2.75, 3.05) is 5.75 Å². The molecule has 0 saturated heterocycles. The Balaban J connectivity index is 1.49. The Kier molecular flexibility index (Phi) is 6.28. The third-order valence-electron chi connectivity index (χ3n) is 4.01. The largest absolute Gasteiger partial charge is 0.353 e. The van der Waals surface area contributed by atoms with Gasteiger partial charge in [0.2, 0.25) is 11.8 Å². The molecular formula is C19H22N4O3S. The second-order valence-electron chi connectivity index (χ2n) is 6.61. The molecule has 142 valence electrons. The van der Waals surface area contributed by atoms with E-state index < -0.39 is 0 Å². The zero-order chi connectivity index (χ0) is 19.2. The van der Waals surface area contributed by atoms with Gasteiger partial charge < -0.3 is 15.6 Å². The quantitative estimate of drug-likeness (QED) is 0.469. The first kappa shape index (κ1) is 19.2. The van der Waals surface area contributed by atoms with Crippen molar-refractivity contribution in [3.63, 3.8) is 0 Å². The number of hydrogen-bond donors (Lipinski definition) is 3. The van der Waals surface area contributed by atoms with Crippen LogP contribution in [0.5, 0.6) is 0 Å². The van der Waals surface area contributed by atoms with Crippen LogP contribution in [-0.2, 0) is 22.6 Å². The maximum atomic E-state index is 12.0. The number of nitrogens with one attached hydrogen (secondary N) is 3. The van der Waals surface area contributed by atoms with Crippen molar-refractivity contribution in [3.8, 4) is 0 Å². The molecule has 0 bridgehead atoms. The van der Waals surface area contributed by atoms with E-state index in [-0.39, 0.29) is 35.6 Å². The summed E-state index contributed by atoms with van der Waals surface area (Å²) in [4.78, 5) is 42.5. The van der Waals surface area contributed by atoms with Crippen molar-refractivity contribution in [1.29, 1.82) is 0 Å². The molecule has 1 fully saturated rings. The van der Waals surface area contributed by atoms with E-state index in [1.807, 2.05) is 31.2 Å². The fourth-order valence-corrected chi connectivity index (χ4v) is 3.13. The van der Waals surface area contributed by atoms with Gasteiger partial charge in [0, 0.05) is 18.7 Å². The van der Waals surface area contributed by atoms with E-state index >= 15 is 0 Å². The van der Waals surface area contributed by atoms with Crippen molar-refractivity contribution >= 4 is 23.6 Å². The van der Waals surface area contributed by atoms with E-state index in [0.29, 0.717) is 17.4 Å². The molecule has 8 heteroatoms. The number of rotatable bonds is 8. The molecule has 2 amide bonds. The highest BCUT2D eigenvalue weighted by Gasteiger charge is 2.23. The van der Waals surface area contributed by atoms with Gasteiger partial charge in [-0.1, -0.05) is 41.6 Å². The smallest absolute Gasteiger partial charge is 0.251 e. The Bertz CT molecular complexity index is 875. The van der Waals surface area contributed by atoms with Crippen LogP contribution in [0.4, 0.5) is 0 Å². The lowest BCUT2D eigenvalue weighted by Gasteiger charge is -2.07. The van der Waals surface area contributed by atoms with Gasteiger partial charge in [0.1, 0.15) is 0 Å². The molecule has 1 aromatic heterocycles. The van der Waals surface area contributed by atoms with Gasteiger partial charge in [0.05, 0.1) is 17.9 Å². The first-order chi connectivity index (χ1) is 13.0. The standard InChI is InChI=1S/C19H22N4O3S/c1-12-2-4-13(5-3-12)10-20-18(26)11-27-19-22-15(9-17(25)23-19)8-16(24)21-14-6-7-14/h2-5,9,14H,6-8,10-11H2,1H3,(H,20,26)(H,21,24)(H,22,23,25). The molecule has 27 heavy (non-hydrogen) atoms. The summed E-state index contributed by atoms with van der Waals surface area (Å²) in [5.74, 6) is -0.158. The number of aromatic amines is 1. The van der Waals surface area contributed by atoms with Crippen LogP contribution in [0.2, 0.25) is 0 Å². The van der Waals surface area contributed by atoms with Crippen LogP contribution < -0.4 is 16.2 Å². The van der Waals surface area contributed by atoms with Gasteiger partial charge in [-0.15, -0.1) is 0 Å². The van der Waals surface area contributed by atoms with Crippen LogP contribution in [0.3, 0.4) is 0 Å². The number of aryl methyl sites for hydroxylation is 1. The van der Waals surface area contributed by atoms with Gasteiger partial charge in [0.15, 0.2) is 5.16 Å². The molecule has 0 atom stereocenters. The summed E-state index contributed by atoms with van der Waals surface area (Å²) in [6, 6.07) is 9.51. The highest BCUT2D eigenvalue weighted by Crippen LogP contribution is 2.18. The molecule has 3 N–H and O–H groups in total. The molecule has 1 aliphatic carbocycles. The van der Waals surface area contributed by atoms with Crippen molar-refractivity contribution < 1.29 is 9.59 Å². The minimum atomic E-state index is -0.332. The molecule has 0 aliphatic heterocycles. The number of amides is 2. The topological polar surface area (TPSA) is 104 Å². The van der Waals surface area contributed by atoms with Crippen molar-refractivity contribution in [2.24, 2.45) is 0 Å². The lowest BCUT2D eigenvalue weighted by molar-refractivity contribution is -0.121. The normalized spacial score (nSPS) is 13.2.